The van der Waals surface area contributed by atoms with Gasteiger partial charge in [-0.3, -0.25) is 10.3 Å². The molecular weight excluding hydrogens is 448 g/mol. The smallest absolute Gasteiger partial charge is 0.410 e. The lowest BCUT2D eigenvalue weighted by molar-refractivity contribution is 0.199. The number of carboxylic acid groups (broad SMARTS) is 1. The molecule has 0 spiro atoms. The number of amides is 1. The van der Waals surface area contributed by atoms with Gasteiger partial charge in [-0.25, -0.2) is 17.8 Å². The van der Waals surface area contributed by atoms with E-state index >= 15 is 0 Å². The third-order valence-electron chi connectivity index (χ3n) is 4.23. The molecule has 1 aromatic rings. The van der Waals surface area contributed by atoms with Crippen molar-refractivity contribution in [1.29, 1.82) is 0 Å². The predicted octanol–water partition coefficient (Wildman–Crippen LogP) is 3.20. The van der Waals surface area contributed by atoms with E-state index in [0.29, 0.717) is 0 Å². The normalized spacial score (nSPS) is 28.8. The molecule has 0 saturated heterocycles. The van der Waals surface area contributed by atoms with Crippen LogP contribution in [-0.2, 0) is 15.3 Å². The number of rotatable bonds is 1. The molecule has 0 unspecified atom stereocenters. The third kappa shape index (κ3) is 3.15. The Bertz CT molecular complexity index is 846. The molecule has 1 amide bonds. The van der Waals surface area contributed by atoms with Crippen LogP contribution in [0.3, 0.4) is 0 Å². The Balaban J connectivity index is 2.77. The van der Waals surface area contributed by atoms with E-state index in [0.717, 1.165) is 3.57 Å². The number of benzene rings is 1. The second kappa shape index (κ2) is 6.25. The van der Waals surface area contributed by atoms with Gasteiger partial charge in [0.05, 0.1) is 15.5 Å². The summed E-state index contributed by atoms with van der Waals surface area (Å²) in [7, 11) is -1.46. The highest BCUT2D eigenvalue weighted by atomic mass is 127. The molecule has 2 rings (SSSR count). The van der Waals surface area contributed by atoms with Crippen LogP contribution in [0.5, 0.6) is 0 Å². The number of halogens is 2. The third-order valence-corrected chi connectivity index (χ3v) is 8.23. The van der Waals surface area contributed by atoms with E-state index < -0.39 is 31.9 Å². The zero-order valence-corrected chi connectivity index (χ0v) is 16.7. The highest BCUT2D eigenvalue weighted by Crippen LogP contribution is 2.39. The van der Waals surface area contributed by atoms with Crippen molar-refractivity contribution in [2.24, 2.45) is 9.36 Å². The second-order valence-corrected chi connectivity index (χ2v) is 10.5. The van der Waals surface area contributed by atoms with Crippen molar-refractivity contribution in [3.8, 4) is 0 Å². The van der Waals surface area contributed by atoms with E-state index in [1.165, 1.54) is 13.1 Å². The van der Waals surface area contributed by atoms with Crippen LogP contribution in [0.4, 0.5) is 9.18 Å². The van der Waals surface area contributed by atoms with Crippen molar-refractivity contribution in [2.75, 3.05) is 12.8 Å². The SMILES string of the molecule is CN=[S@@]1(=O)C[C@@](C)(c2cc(I)ccc2F)N=C(NC(=O)O)C1(C)C. The fraction of sp³-hybridized carbons (Fsp3) is 0.467. The number of aliphatic imine (C=N–C) groups is 1. The molecule has 2 N–H and O–H groups in total. The van der Waals surface area contributed by atoms with E-state index in [9.17, 15) is 13.4 Å². The zero-order chi connectivity index (χ0) is 18.3. The average Bonchev–Trinajstić information content (AvgIpc) is 2.47. The summed E-state index contributed by atoms with van der Waals surface area (Å²) in [6.07, 6.45) is -1.31. The number of amidine groups is 1. The Kier molecular flexibility index (Phi) is 4.97. The summed E-state index contributed by atoms with van der Waals surface area (Å²) in [5, 5.41) is 11.3. The highest BCUT2D eigenvalue weighted by Gasteiger charge is 2.49. The number of nitrogens with zero attached hydrogens (tertiary/aromatic N) is 2. The molecule has 0 aliphatic carbocycles. The Labute approximate surface area is 154 Å². The first-order valence-electron chi connectivity index (χ1n) is 7.13. The number of hydrogen-bond acceptors (Lipinski definition) is 4. The lowest BCUT2D eigenvalue weighted by Gasteiger charge is -2.41. The van der Waals surface area contributed by atoms with Gasteiger partial charge in [-0.2, -0.15) is 0 Å². The Morgan fingerprint density at radius 3 is 2.62 bits per heavy atom. The largest absolute Gasteiger partial charge is 0.465 e. The van der Waals surface area contributed by atoms with E-state index in [2.05, 4.69) is 37.3 Å². The molecule has 0 aromatic heterocycles. The van der Waals surface area contributed by atoms with Crippen molar-refractivity contribution >= 4 is 44.2 Å². The molecule has 9 heteroatoms. The number of nitrogens with one attached hydrogen (secondary N) is 1. The summed E-state index contributed by atoms with van der Waals surface area (Å²) in [5.41, 5.74) is -0.916. The number of carbonyl (C=O) groups is 1. The molecule has 0 radical (unpaired) electrons. The van der Waals surface area contributed by atoms with Gasteiger partial charge >= 0.3 is 6.09 Å². The molecular formula is C15H19FIN3O3S. The molecule has 132 valence electrons. The van der Waals surface area contributed by atoms with E-state index in [1.54, 1.807) is 32.9 Å². The lowest BCUT2D eigenvalue weighted by atomic mass is 9.93. The average molecular weight is 467 g/mol. The minimum atomic E-state index is -2.89. The van der Waals surface area contributed by atoms with Crippen LogP contribution in [0, 0.1) is 9.39 Å². The lowest BCUT2D eigenvalue weighted by Crippen LogP contribution is -2.57. The van der Waals surface area contributed by atoms with Crippen LogP contribution in [-0.4, -0.2) is 38.8 Å². The minimum Gasteiger partial charge on any atom is -0.465 e. The van der Waals surface area contributed by atoms with Gasteiger partial charge in [-0.05, 0) is 61.6 Å². The van der Waals surface area contributed by atoms with Gasteiger partial charge in [-0.15, -0.1) is 0 Å². The first-order valence-corrected chi connectivity index (χ1v) is 9.90. The molecule has 1 aliphatic rings. The second-order valence-electron chi connectivity index (χ2n) is 6.27. The van der Waals surface area contributed by atoms with Crippen LogP contribution in [0.15, 0.2) is 27.6 Å². The van der Waals surface area contributed by atoms with Crippen LogP contribution >= 0.6 is 22.6 Å². The molecule has 1 heterocycles. The molecule has 24 heavy (non-hydrogen) atoms. The standard InChI is InChI=1S/C15H19FIN3O3S/c1-14(2)12(19-13(21)22)20-15(3,8-24(14,23)18-4)10-7-9(17)5-6-11(10)16/h5-7H,8H2,1-4H3,(H,19,20)(H,21,22)/t15-,24+/m0/s1. The quantitative estimate of drug-likeness (QED) is 0.622. The maximum Gasteiger partial charge on any atom is 0.410 e. The fourth-order valence-electron chi connectivity index (χ4n) is 2.75. The molecule has 1 aromatic carbocycles. The first kappa shape index (κ1) is 19.1. The highest BCUT2D eigenvalue weighted by molar-refractivity contribution is 14.1. The van der Waals surface area contributed by atoms with E-state index in [-0.39, 0.29) is 17.2 Å². The first-order chi connectivity index (χ1) is 10.9. The van der Waals surface area contributed by atoms with E-state index in [1.807, 2.05) is 0 Å². The summed E-state index contributed by atoms with van der Waals surface area (Å²) in [6.45, 7) is 4.90. The zero-order valence-electron chi connectivity index (χ0n) is 13.8. The molecule has 6 nitrogen and oxygen atoms in total. The Hall–Kier alpha value is -1.23. The minimum absolute atomic E-state index is 0.00527. The van der Waals surface area contributed by atoms with Gasteiger partial charge in [0.1, 0.15) is 21.9 Å². The summed E-state index contributed by atoms with van der Waals surface area (Å²) in [6, 6.07) is 4.58. The van der Waals surface area contributed by atoms with Crippen molar-refractivity contribution in [1.82, 2.24) is 5.32 Å². The van der Waals surface area contributed by atoms with Crippen molar-refractivity contribution in [2.45, 2.75) is 31.1 Å². The summed E-state index contributed by atoms with van der Waals surface area (Å²) in [5.74, 6) is -0.447. The Morgan fingerprint density at radius 2 is 2.08 bits per heavy atom. The maximum atomic E-state index is 14.4. The van der Waals surface area contributed by atoms with Crippen LogP contribution in [0.25, 0.3) is 0 Å². The van der Waals surface area contributed by atoms with Gasteiger partial charge in [0.25, 0.3) is 0 Å². The van der Waals surface area contributed by atoms with Crippen molar-refractivity contribution in [3.63, 3.8) is 0 Å². The van der Waals surface area contributed by atoms with Gasteiger partial charge < -0.3 is 5.11 Å². The number of hydrogen-bond donors (Lipinski definition) is 2. The predicted molar refractivity (Wildman–Crippen MR) is 101 cm³/mol. The van der Waals surface area contributed by atoms with Crippen molar-refractivity contribution < 1.29 is 18.5 Å². The fourth-order valence-corrected chi connectivity index (χ4v) is 5.57. The van der Waals surface area contributed by atoms with E-state index in [4.69, 9.17) is 5.11 Å². The van der Waals surface area contributed by atoms with Gasteiger partial charge in [0.2, 0.25) is 0 Å². The Morgan fingerprint density at radius 1 is 1.46 bits per heavy atom. The molecule has 0 bridgehead atoms. The molecule has 1 aliphatic heterocycles. The maximum absolute atomic E-state index is 14.4. The van der Waals surface area contributed by atoms with Crippen LogP contribution in [0.2, 0.25) is 0 Å². The topological polar surface area (TPSA) is 91.1 Å². The summed E-state index contributed by atoms with van der Waals surface area (Å²) >= 11 is 2.06. The molecule has 2 atom stereocenters. The summed E-state index contributed by atoms with van der Waals surface area (Å²) in [4.78, 5) is 15.6. The summed E-state index contributed by atoms with van der Waals surface area (Å²) < 4.78 is 31.6. The van der Waals surface area contributed by atoms with Crippen molar-refractivity contribution in [3.05, 3.63) is 33.1 Å². The van der Waals surface area contributed by atoms with Crippen LogP contribution < -0.4 is 5.32 Å². The molecule has 0 fully saturated rings. The van der Waals surface area contributed by atoms with Crippen LogP contribution in [0.1, 0.15) is 26.3 Å². The van der Waals surface area contributed by atoms with Gasteiger partial charge in [0, 0.05) is 16.2 Å². The monoisotopic (exact) mass is 467 g/mol. The van der Waals surface area contributed by atoms with Gasteiger partial charge in [0.15, 0.2) is 0 Å². The molecule has 0 saturated carbocycles. The van der Waals surface area contributed by atoms with Gasteiger partial charge in [-0.1, -0.05) is 0 Å².